The van der Waals surface area contributed by atoms with Crippen LogP contribution in [-0.2, 0) is 9.53 Å². The first-order valence-corrected chi connectivity index (χ1v) is 9.48. The van der Waals surface area contributed by atoms with Gasteiger partial charge in [0, 0.05) is 12.2 Å². The van der Waals surface area contributed by atoms with Crippen LogP contribution in [0.3, 0.4) is 0 Å². The van der Waals surface area contributed by atoms with Crippen molar-refractivity contribution in [2.75, 3.05) is 19.4 Å². The van der Waals surface area contributed by atoms with Gasteiger partial charge in [-0.2, -0.15) is 0 Å². The fraction of sp³-hybridized carbons (Fsp3) is 0.300. The molecule has 0 spiro atoms. The van der Waals surface area contributed by atoms with Crippen LogP contribution >= 0.6 is 9.24 Å². The first-order valence-electron chi connectivity index (χ1n) is 8.66. The summed E-state index contributed by atoms with van der Waals surface area (Å²) in [5, 5.41) is 5.53. The number of fused-ring (bicyclic) bond motifs is 3. The molecule has 136 valence electrons. The van der Waals surface area contributed by atoms with Gasteiger partial charge in [-0.05, 0) is 29.2 Å². The SMILES string of the molecule is C[C@H](NCP)C(=O)CNC(=O)OCC1c2ccccc2-c2ccccc21. The number of amides is 1. The Balaban J connectivity index is 1.60. The van der Waals surface area contributed by atoms with Gasteiger partial charge in [0.05, 0.1) is 12.6 Å². The van der Waals surface area contributed by atoms with E-state index in [0.717, 1.165) is 11.1 Å². The van der Waals surface area contributed by atoms with Crippen LogP contribution in [-0.4, -0.2) is 37.4 Å². The lowest BCUT2D eigenvalue weighted by Gasteiger charge is -2.15. The fourth-order valence-electron chi connectivity index (χ4n) is 3.25. The first kappa shape index (κ1) is 18.6. The van der Waals surface area contributed by atoms with E-state index < -0.39 is 6.09 Å². The van der Waals surface area contributed by atoms with E-state index >= 15 is 0 Å². The third kappa shape index (κ3) is 3.95. The monoisotopic (exact) mass is 370 g/mol. The lowest BCUT2D eigenvalue weighted by atomic mass is 9.98. The van der Waals surface area contributed by atoms with Crippen molar-refractivity contribution in [2.24, 2.45) is 0 Å². The third-order valence-corrected chi connectivity index (χ3v) is 4.89. The highest BCUT2D eigenvalue weighted by Crippen LogP contribution is 2.44. The Labute approximate surface area is 155 Å². The predicted octanol–water partition coefficient (Wildman–Crippen LogP) is 2.90. The molecule has 2 N–H and O–H groups in total. The van der Waals surface area contributed by atoms with Crippen molar-refractivity contribution in [1.29, 1.82) is 0 Å². The van der Waals surface area contributed by atoms with Crippen LogP contribution in [0, 0.1) is 0 Å². The van der Waals surface area contributed by atoms with Gasteiger partial charge in [0.2, 0.25) is 0 Å². The molecule has 0 saturated heterocycles. The third-order valence-electron chi connectivity index (χ3n) is 4.66. The normalized spacial score (nSPS) is 13.6. The molecule has 0 heterocycles. The molecule has 0 saturated carbocycles. The maximum Gasteiger partial charge on any atom is 0.407 e. The minimum absolute atomic E-state index is 0.0153. The van der Waals surface area contributed by atoms with Crippen LogP contribution in [0.5, 0.6) is 0 Å². The molecule has 3 rings (SSSR count). The first-order chi connectivity index (χ1) is 12.6. The number of benzene rings is 2. The summed E-state index contributed by atoms with van der Waals surface area (Å²) in [7, 11) is 2.50. The van der Waals surface area contributed by atoms with Gasteiger partial charge in [-0.3, -0.25) is 4.79 Å². The summed E-state index contributed by atoms with van der Waals surface area (Å²) in [5.41, 5.74) is 4.70. The van der Waals surface area contributed by atoms with Crippen LogP contribution in [0.1, 0.15) is 24.0 Å². The van der Waals surface area contributed by atoms with Crippen molar-refractivity contribution in [2.45, 2.75) is 18.9 Å². The summed E-state index contributed by atoms with van der Waals surface area (Å²) >= 11 is 0. The average molecular weight is 370 g/mol. The molecular weight excluding hydrogens is 347 g/mol. The topological polar surface area (TPSA) is 67.4 Å². The van der Waals surface area contributed by atoms with Gasteiger partial charge < -0.3 is 15.4 Å². The van der Waals surface area contributed by atoms with E-state index in [1.807, 2.05) is 24.3 Å². The summed E-state index contributed by atoms with van der Waals surface area (Å²) in [5.74, 6) is -0.0671. The number of rotatable bonds is 7. The van der Waals surface area contributed by atoms with Crippen LogP contribution in [0.15, 0.2) is 48.5 Å². The molecule has 1 unspecified atom stereocenters. The fourth-order valence-corrected chi connectivity index (χ4v) is 3.61. The standard InChI is InChI=1S/C20H23N2O3P/c1-13(22-12-26)19(23)10-21-20(24)25-11-18-16-8-4-2-6-14(16)15-7-3-5-9-17(15)18/h2-9,13,18,22H,10-12,26H2,1H3,(H,21,24)/t13-/m0/s1. The molecule has 5 nitrogen and oxygen atoms in total. The van der Waals surface area contributed by atoms with Crippen molar-refractivity contribution in [3.05, 3.63) is 59.7 Å². The second-order valence-electron chi connectivity index (χ2n) is 6.28. The lowest BCUT2D eigenvalue weighted by molar-refractivity contribution is -0.119. The Morgan fingerprint density at radius 3 is 2.23 bits per heavy atom. The van der Waals surface area contributed by atoms with Crippen molar-refractivity contribution < 1.29 is 14.3 Å². The molecule has 2 aromatic carbocycles. The molecule has 0 aliphatic heterocycles. The quantitative estimate of drug-likeness (QED) is 0.736. The van der Waals surface area contributed by atoms with Crippen molar-refractivity contribution in [1.82, 2.24) is 10.6 Å². The van der Waals surface area contributed by atoms with Crippen LogP contribution < -0.4 is 10.6 Å². The molecule has 2 aromatic rings. The number of hydrogen-bond donors (Lipinski definition) is 2. The molecule has 1 aliphatic carbocycles. The van der Waals surface area contributed by atoms with Gasteiger partial charge >= 0.3 is 6.09 Å². The Morgan fingerprint density at radius 1 is 1.08 bits per heavy atom. The van der Waals surface area contributed by atoms with E-state index in [9.17, 15) is 9.59 Å². The van der Waals surface area contributed by atoms with E-state index in [2.05, 4.69) is 44.1 Å². The average Bonchev–Trinajstić information content (AvgIpc) is 2.98. The maximum atomic E-state index is 12.0. The molecule has 0 radical (unpaired) electrons. The zero-order chi connectivity index (χ0) is 18.5. The van der Waals surface area contributed by atoms with E-state index in [4.69, 9.17) is 4.74 Å². The van der Waals surface area contributed by atoms with E-state index in [-0.39, 0.29) is 30.9 Å². The highest BCUT2D eigenvalue weighted by atomic mass is 31.0. The zero-order valence-electron chi connectivity index (χ0n) is 14.7. The lowest BCUT2D eigenvalue weighted by Crippen LogP contribution is -2.41. The van der Waals surface area contributed by atoms with Gasteiger partial charge in [0.15, 0.2) is 5.78 Å². The molecule has 26 heavy (non-hydrogen) atoms. The molecule has 6 heteroatoms. The summed E-state index contributed by atoms with van der Waals surface area (Å²) in [6.07, 6.45) is 0.0518. The van der Waals surface area contributed by atoms with Crippen molar-refractivity contribution >= 4 is 21.1 Å². The number of ketones is 1. The largest absolute Gasteiger partial charge is 0.449 e. The minimum atomic E-state index is -0.571. The Morgan fingerprint density at radius 2 is 1.65 bits per heavy atom. The molecular formula is C20H23N2O3P. The number of hydrogen-bond acceptors (Lipinski definition) is 4. The maximum absolute atomic E-state index is 12.0. The molecule has 0 fully saturated rings. The second kappa shape index (κ2) is 8.43. The van der Waals surface area contributed by atoms with Gasteiger partial charge in [0.25, 0.3) is 0 Å². The summed E-state index contributed by atoms with van der Waals surface area (Å²) in [6.45, 7) is 1.97. The summed E-state index contributed by atoms with van der Waals surface area (Å²) in [6, 6.07) is 16.0. The predicted molar refractivity (Wildman–Crippen MR) is 105 cm³/mol. The highest BCUT2D eigenvalue weighted by molar-refractivity contribution is 7.16. The van der Waals surface area contributed by atoms with Gasteiger partial charge in [0.1, 0.15) is 6.61 Å². The minimum Gasteiger partial charge on any atom is -0.449 e. The second-order valence-corrected chi connectivity index (χ2v) is 6.68. The Hall–Kier alpha value is -2.23. The summed E-state index contributed by atoms with van der Waals surface area (Å²) < 4.78 is 5.40. The Kier molecular flexibility index (Phi) is 6.02. The van der Waals surface area contributed by atoms with Gasteiger partial charge in [-0.15, -0.1) is 9.24 Å². The van der Waals surface area contributed by atoms with Gasteiger partial charge in [-0.1, -0.05) is 48.5 Å². The Bertz CT molecular complexity index is 764. The molecule has 1 aliphatic rings. The molecule has 0 bridgehead atoms. The molecule has 2 atom stereocenters. The van der Waals surface area contributed by atoms with Crippen LogP contribution in [0.4, 0.5) is 4.79 Å². The smallest absolute Gasteiger partial charge is 0.407 e. The number of Topliss-reactive ketones (excluding diaryl/α,β-unsaturated/α-hetero) is 1. The van der Waals surface area contributed by atoms with Crippen LogP contribution in [0.25, 0.3) is 11.1 Å². The number of carbonyl (C=O) groups excluding carboxylic acids is 2. The number of ether oxygens (including phenoxy) is 1. The summed E-state index contributed by atoms with van der Waals surface area (Å²) in [4.78, 5) is 23.9. The van der Waals surface area contributed by atoms with Crippen molar-refractivity contribution in [3.63, 3.8) is 0 Å². The number of carbonyl (C=O) groups is 2. The van der Waals surface area contributed by atoms with Gasteiger partial charge in [-0.25, -0.2) is 4.79 Å². The highest BCUT2D eigenvalue weighted by Gasteiger charge is 2.29. The van der Waals surface area contributed by atoms with E-state index in [1.54, 1.807) is 6.92 Å². The number of nitrogens with one attached hydrogen (secondary N) is 2. The zero-order valence-corrected chi connectivity index (χ0v) is 15.9. The van der Waals surface area contributed by atoms with Crippen LogP contribution in [0.2, 0.25) is 0 Å². The number of alkyl carbamates (subject to hydrolysis) is 1. The molecule has 1 amide bonds. The molecule has 0 aromatic heterocycles. The van der Waals surface area contributed by atoms with E-state index in [0.29, 0.717) is 6.29 Å². The van der Waals surface area contributed by atoms with Crippen molar-refractivity contribution in [3.8, 4) is 11.1 Å². The van der Waals surface area contributed by atoms with E-state index in [1.165, 1.54) is 11.1 Å².